The lowest BCUT2D eigenvalue weighted by molar-refractivity contribution is -0.130. The number of rotatable bonds is 2. The van der Waals surface area contributed by atoms with E-state index in [9.17, 15) is 4.79 Å². The van der Waals surface area contributed by atoms with Gasteiger partial charge >= 0.3 is 0 Å². The van der Waals surface area contributed by atoms with Gasteiger partial charge in [-0.05, 0) is 41.7 Å². The van der Waals surface area contributed by atoms with Crippen LogP contribution in [0.2, 0.25) is 0 Å². The Morgan fingerprint density at radius 2 is 1.95 bits per heavy atom. The molecule has 3 nitrogen and oxygen atoms in total. The van der Waals surface area contributed by atoms with Crippen molar-refractivity contribution in [2.75, 3.05) is 13.1 Å². The van der Waals surface area contributed by atoms with E-state index in [1.165, 1.54) is 11.1 Å². The second kappa shape index (κ2) is 5.94. The van der Waals surface area contributed by atoms with Crippen LogP contribution in [0.25, 0.3) is 0 Å². The van der Waals surface area contributed by atoms with E-state index in [1.807, 2.05) is 17.3 Å². The summed E-state index contributed by atoms with van der Waals surface area (Å²) < 4.78 is 0. The number of piperidine rings is 1. The van der Waals surface area contributed by atoms with Gasteiger partial charge in [0, 0.05) is 32.4 Å². The Hall–Kier alpha value is -1.38. The molecule has 0 unspecified atom stereocenters. The molecule has 1 aliphatic heterocycles. The monoisotopic (exact) mass is 274 g/mol. The third-order valence-electron chi connectivity index (χ3n) is 4.25. The summed E-state index contributed by atoms with van der Waals surface area (Å²) in [4.78, 5) is 17.7. The Labute approximate surface area is 122 Å². The Bertz CT molecular complexity index is 468. The van der Waals surface area contributed by atoms with Gasteiger partial charge in [-0.3, -0.25) is 9.78 Å². The Kier molecular flexibility index (Phi) is 4.46. The molecule has 2 rings (SSSR count). The Morgan fingerprint density at radius 3 is 2.50 bits per heavy atom. The first-order valence-corrected chi connectivity index (χ1v) is 7.56. The fraction of sp³-hybridized carbons (Fsp3) is 0.647. The molecular weight excluding hydrogens is 248 g/mol. The molecule has 2 heterocycles. The van der Waals surface area contributed by atoms with Crippen LogP contribution >= 0.6 is 0 Å². The number of carbonyl (C=O) groups excluding carboxylic acids is 1. The van der Waals surface area contributed by atoms with Crippen molar-refractivity contribution >= 4 is 5.91 Å². The standard InChI is InChI=1S/C17H26N2O/c1-13(20)19-7-5-14(6-8-19)9-15-10-16(12-18-11-15)17(2,3)4/h10-12,14H,5-9H2,1-4H3. The summed E-state index contributed by atoms with van der Waals surface area (Å²) in [7, 11) is 0. The minimum Gasteiger partial charge on any atom is -0.343 e. The molecule has 0 aliphatic carbocycles. The van der Waals surface area contributed by atoms with Crippen molar-refractivity contribution < 1.29 is 4.79 Å². The highest BCUT2D eigenvalue weighted by Crippen LogP contribution is 2.25. The number of aromatic nitrogens is 1. The average Bonchev–Trinajstić information content (AvgIpc) is 2.38. The summed E-state index contributed by atoms with van der Waals surface area (Å²) in [5.74, 6) is 0.891. The van der Waals surface area contributed by atoms with Gasteiger partial charge in [-0.1, -0.05) is 26.8 Å². The number of carbonyl (C=O) groups is 1. The SMILES string of the molecule is CC(=O)N1CCC(Cc2cncc(C(C)(C)C)c2)CC1. The molecule has 0 saturated carbocycles. The highest BCUT2D eigenvalue weighted by molar-refractivity contribution is 5.73. The maximum atomic E-state index is 11.3. The smallest absolute Gasteiger partial charge is 0.219 e. The molecule has 1 amide bonds. The van der Waals surface area contributed by atoms with Crippen molar-refractivity contribution in [3.63, 3.8) is 0 Å². The van der Waals surface area contributed by atoms with Crippen LogP contribution in [0, 0.1) is 5.92 Å². The number of nitrogens with zero attached hydrogens (tertiary/aromatic N) is 2. The second-order valence-corrected chi connectivity index (χ2v) is 6.99. The summed E-state index contributed by atoms with van der Waals surface area (Å²) in [6, 6.07) is 2.30. The largest absolute Gasteiger partial charge is 0.343 e. The normalized spacial score (nSPS) is 17.3. The van der Waals surface area contributed by atoms with Gasteiger partial charge in [-0.25, -0.2) is 0 Å². The van der Waals surface area contributed by atoms with E-state index in [1.54, 1.807) is 6.92 Å². The van der Waals surface area contributed by atoms with Crippen molar-refractivity contribution in [3.05, 3.63) is 29.6 Å². The molecule has 1 aromatic heterocycles. The first kappa shape index (κ1) is 15.0. The van der Waals surface area contributed by atoms with E-state index in [-0.39, 0.29) is 11.3 Å². The van der Waals surface area contributed by atoms with E-state index in [2.05, 4.69) is 31.8 Å². The minimum atomic E-state index is 0.154. The highest BCUT2D eigenvalue weighted by atomic mass is 16.2. The summed E-state index contributed by atoms with van der Waals surface area (Å²) in [5.41, 5.74) is 2.79. The fourth-order valence-corrected chi connectivity index (χ4v) is 2.79. The zero-order valence-corrected chi connectivity index (χ0v) is 13.1. The Morgan fingerprint density at radius 1 is 1.30 bits per heavy atom. The fourth-order valence-electron chi connectivity index (χ4n) is 2.79. The van der Waals surface area contributed by atoms with E-state index >= 15 is 0 Å². The van der Waals surface area contributed by atoms with Crippen LogP contribution < -0.4 is 0 Å². The maximum absolute atomic E-state index is 11.3. The molecule has 0 N–H and O–H groups in total. The van der Waals surface area contributed by atoms with Crippen molar-refractivity contribution in [2.24, 2.45) is 5.92 Å². The lowest BCUT2D eigenvalue weighted by Gasteiger charge is -2.31. The van der Waals surface area contributed by atoms with Crippen LogP contribution in [0.1, 0.15) is 51.7 Å². The van der Waals surface area contributed by atoms with Gasteiger partial charge < -0.3 is 4.90 Å². The third-order valence-corrected chi connectivity index (χ3v) is 4.25. The summed E-state index contributed by atoms with van der Waals surface area (Å²) >= 11 is 0. The van der Waals surface area contributed by atoms with Crippen LogP contribution in [-0.2, 0) is 16.6 Å². The number of amides is 1. The molecule has 110 valence electrons. The van der Waals surface area contributed by atoms with Crippen LogP contribution in [0.3, 0.4) is 0 Å². The van der Waals surface area contributed by atoms with Gasteiger partial charge in [0.1, 0.15) is 0 Å². The summed E-state index contributed by atoms with van der Waals surface area (Å²) in [6.07, 6.45) is 7.27. The van der Waals surface area contributed by atoms with Gasteiger partial charge in [0.15, 0.2) is 0 Å². The third kappa shape index (κ3) is 3.81. The predicted octanol–water partition coefficient (Wildman–Crippen LogP) is 3.18. The predicted molar refractivity (Wildman–Crippen MR) is 81.6 cm³/mol. The van der Waals surface area contributed by atoms with E-state index < -0.39 is 0 Å². The quantitative estimate of drug-likeness (QED) is 0.830. The molecule has 1 aromatic rings. The van der Waals surface area contributed by atoms with Crippen LogP contribution in [0.5, 0.6) is 0 Å². The number of hydrogen-bond acceptors (Lipinski definition) is 2. The summed E-state index contributed by atoms with van der Waals surface area (Å²) in [5, 5.41) is 0. The molecule has 1 fully saturated rings. The van der Waals surface area contributed by atoms with Gasteiger partial charge in [-0.15, -0.1) is 0 Å². The molecule has 0 spiro atoms. The number of hydrogen-bond donors (Lipinski definition) is 0. The van der Waals surface area contributed by atoms with Crippen molar-refractivity contribution in [3.8, 4) is 0 Å². The highest BCUT2D eigenvalue weighted by Gasteiger charge is 2.21. The van der Waals surface area contributed by atoms with Crippen molar-refractivity contribution in [1.29, 1.82) is 0 Å². The molecule has 0 aromatic carbocycles. The van der Waals surface area contributed by atoms with Crippen LogP contribution in [0.4, 0.5) is 0 Å². The summed E-state index contributed by atoms with van der Waals surface area (Å²) in [6.45, 7) is 10.1. The van der Waals surface area contributed by atoms with Gasteiger partial charge in [0.25, 0.3) is 0 Å². The first-order valence-electron chi connectivity index (χ1n) is 7.56. The lowest BCUT2D eigenvalue weighted by Crippen LogP contribution is -2.37. The van der Waals surface area contributed by atoms with E-state index in [4.69, 9.17) is 0 Å². The van der Waals surface area contributed by atoms with E-state index in [0.29, 0.717) is 5.92 Å². The molecule has 1 aliphatic rings. The molecule has 0 radical (unpaired) electrons. The van der Waals surface area contributed by atoms with Gasteiger partial charge in [0.2, 0.25) is 5.91 Å². The zero-order chi connectivity index (χ0) is 14.8. The lowest BCUT2D eigenvalue weighted by atomic mass is 9.85. The minimum absolute atomic E-state index is 0.154. The molecule has 20 heavy (non-hydrogen) atoms. The van der Waals surface area contributed by atoms with Crippen LogP contribution in [-0.4, -0.2) is 28.9 Å². The van der Waals surface area contributed by atoms with Crippen molar-refractivity contribution in [2.45, 2.75) is 52.4 Å². The van der Waals surface area contributed by atoms with Gasteiger partial charge in [0.05, 0.1) is 0 Å². The first-order chi connectivity index (χ1) is 9.36. The van der Waals surface area contributed by atoms with E-state index in [0.717, 1.165) is 32.4 Å². The molecular formula is C17H26N2O. The molecule has 3 heteroatoms. The molecule has 0 bridgehead atoms. The molecule has 1 saturated heterocycles. The Balaban J connectivity index is 1.96. The second-order valence-electron chi connectivity index (χ2n) is 6.99. The van der Waals surface area contributed by atoms with Crippen LogP contribution in [0.15, 0.2) is 18.5 Å². The molecule has 0 atom stereocenters. The van der Waals surface area contributed by atoms with Gasteiger partial charge in [-0.2, -0.15) is 0 Å². The van der Waals surface area contributed by atoms with Crippen molar-refractivity contribution in [1.82, 2.24) is 9.88 Å². The number of likely N-dealkylation sites (tertiary alicyclic amines) is 1. The number of pyridine rings is 1. The maximum Gasteiger partial charge on any atom is 0.219 e. The zero-order valence-electron chi connectivity index (χ0n) is 13.1. The average molecular weight is 274 g/mol. The topological polar surface area (TPSA) is 33.2 Å².